The van der Waals surface area contributed by atoms with Gasteiger partial charge in [0.15, 0.2) is 10.9 Å². The molecule has 162 valence electrons. The maximum absolute atomic E-state index is 13.2. The van der Waals surface area contributed by atoms with Gasteiger partial charge in [-0.15, -0.1) is 10.2 Å². The predicted octanol–water partition coefficient (Wildman–Crippen LogP) is 4.50. The quantitative estimate of drug-likeness (QED) is 0.404. The molecule has 1 aliphatic carbocycles. The molecule has 3 aromatic heterocycles. The third-order valence-electron chi connectivity index (χ3n) is 5.88. The minimum absolute atomic E-state index is 0.113. The number of thioether (sulfide) groups is 1. The second-order valence-corrected chi connectivity index (χ2v) is 9.07. The lowest BCUT2D eigenvalue weighted by Crippen LogP contribution is -2.28. The number of nitrogens with zero attached hydrogens (tertiary/aromatic N) is 5. The first-order chi connectivity index (χ1) is 15.7. The van der Waals surface area contributed by atoms with Gasteiger partial charge in [-0.3, -0.25) is 4.79 Å². The zero-order valence-electron chi connectivity index (χ0n) is 17.5. The second-order valence-electron chi connectivity index (χ2n) is 8.13. The molecule has 0 radical (unpaired) electrons. The van der Waals surface area contributed by atoms with Crippen LogP contribution in [0.3, 0.4) is 0 Å². The first kappa shape index (κ1) is 19.4. The van der Waals surface area contributed by atoms with Crippen LogP contribution in [0.25, 0.3) is 11.0 Å². The third kappa shape index (κ3) is 3.42. The van der Waals surface area contributed by atoms with Gasteiger partial charge in [0, 0.05) is 24.8 Å². The molecule has 4 aromatic rings. The van der Waals surface area contributed by atoms with Crippen molar-refractivity contribution in [2.24, 2.45) is 12.1 Å². The molecule has 0 spiro atoms. The van der Waals surface area contributed by atoms with E-state index >= 15 is 0 Å². The zero-order chi connectivity index (χ0) is 21.7. The molecule has 1 atom stereocenters. The summed E-state index contributed by atoms with van der Waals surface area (Å²) in [5.74, 6) is 2.99. The van der Waals surface area contributed by atoms with Crippen LogP contribution in [0.1, 0.15) is 48.6 Å². The number of hydrazone groups is 1. The number of para-hydroxylation sites is 1. The standard InChI is InChI=1S/C23H21N5O3S/c1-27-22(14-8-9-14)24-25-23(27)32-13-21(29)28-17(19-7-4-10-30-19)12-16(26-28)20-11-15-5-2-3-6-18(15)31-20/h2-7,10-11,14,17H,8-9,12-13H2,1H3/t17-/m0/s1. The summed E-state index contributed by atoms with van der Waals surface area (Å²) in [6.07, 6.45) is 4.46. The van der Waals surface area contributed by atoms with E-state index in [9.17, 15) is 4.79 Å². The summed E-state index contributed by atoms with van der Waals surface area (Å²) < 4.78 is 13.6. The third-order valence-corrected chi connectivity index (χ3v) is 6.89. The van der Waals surface area contributed by atoms with Crippen LogP contribution in [0, 0.1) is 0 Å². The Bertz CT molecular complexity index is 1290. The molecule has 4 heterocycles. The Morgan fingerprint density at radius 3 is 2.84 bits per heavy atom. The lowest BCUT2D eigenvalue weighted by atomic mass is 10.1. The Morgan fingerprint density at radius 1 is 1.19 bits per heavy atom. The van der Waals surface area contributed by atoms with Crippen molar-refractivity contribution in [2.45, 2.75) is 36.4 Å². The fourth-order valence-corrected chi connectivity index (χ4v) is 4.83. The minimum Gasteiger partial charge on any atom is -0.467 e. The monoisotopic (exact) mass is 447 g/mol. The summed E-state index contributed by atoms with van der Waals surface area (Å²) >= 11 is 1.38. The largest absolute Gasteiger partial charge is 0.467 e. The van der Waals surface area contributed by atoms with E-state index in [-0.39, 0.29) is 17.7 Å². The van der Waals surface area contributed by atoms with E-state index in [1.54, 1.807) is 6.26 Å². The van der Waals surface area contributed by atoms with Crippen molar-refractivity contribution >= 4 is 34.3 Å². The van der Waals surface area contributed by atoms with E-state index < -0.39 is 0 Å². The molecule has 1 aliphatic heterocycles. The molecule has 2 aliphatic rings. The van der Waals surface area contributed by atoms with Gasteiger partial charge in [-0.2, -0.15) is 5.10 Å². The maximum atomic E-state index is 13.2. The Labute approximate surface area is 188 Å². The molecule has 0 bridgehead atoms. The van der Waals surface area contributed by atoms with Crippen LogP contribution in [0.2, 0.25) is 0 Å². The number of amides is 1. The van der Waals surface area contributed by atoms with Crippen molar-refractivity contribution < 1.29 is 13.6 Å². The molecule has 0 N–H and O–H groups in total. The highest BCUT2D eigenvalue weighted by molar-refractivity contribution is 7.99. The Morgan fingerprint density at radius 2 is 2.06 bits per heavy atom. The fraction of sp³-hybridized carbons (Fsp3) is 0.304. The normalized spacial score (nSPS) is 18.5. The number of rotatable bonds is 6. The molecule has 8 nitrogen and oxygen atoms in total. The molecular weight excluding hydrogens is 426 g/mol. The average Bonchev–Trinajstić information content (AvgIpc) is 3.23. The zero-order valence-corrected chi connectivity index (χ0v) is 18.3. The van der Waals surface area contributed by atoms with Crippen LogP contribution >= 0.6 is 11.8 Å². The van der Waals surface area contributed by atoms with Gasteiger partial charge >= 0.3 is 0 Å². The fourth-order valence-electron chi connectivity index (χ4n) is 4.06. The number of furan rings is 2. The van der Waals surface area contributed by atoms with Crippen molar-refractivity contribution in [3.63, 3.8) is 0 Å². The van der Waals surface area contributed by atoms with Crippen LogP contribution in [0.4, 0.5) is 0 Å². The Balaban J connectivity index is 1.25. The van der Waals surface area contributed by atoms with Crippen LogP contribution in [-0.4, -0.2) is 37.1 Å². The Hall–Kier alpha value is -3.33. The van der Waals surface area contributed by atoms with Crippen molar-refractivity contribution in [3.05, 3.63) is 66.1 Å². The lowest BCUT2D eigenvalue weighted by molar-refractivity contribution is -0.130. The summed E-state index contributed by atoms with van der Waals surface area (Å²) in [6, 6.07) is 13.2. The smallest absolute Gasteiger partial charge is 0.253 e. The number of fused-ring (bicyclic) bond motifs is 1. The topological polar surface area (TPSA) is 89.7 Å². The summed E-state index contributed by atoms with van der Waals surface area (Å²) in [5.41, 5.74) is 1.53. The number of aromatic nitrogens is 3. The number of carbonyl (C=O) groups excluding carboxylic acids is 1. The van der Waals surface area contributed by atoms with E-state index in [0.717, 1.165) is 40.5 Å². The highest BCUT2D eigenvalue weighted by Gasteiger charge is 2.36. The first-order valence-electron chi connectivity index (χ1n) is 10.6. The van der Waals surface area contributed by atoms with E-state index in [2.05, 4.69) is 15.3 Å². The van der Waals surface area contributed by atoms with Gasteiger partial charge in [-0.05, 0) is 37.1 Å². The molecule has 6 rings (SSSR count). The van der Waals surface area contributed by atoms with Crippen LogP contribution in [-0.2, 0) is 11.8 Å². The molecule has 0 saturated heterocycles. The summed E-state index contributed by atoms with van der Waals surface area (Å²) in [6.45, 7) is 0. The first-order valence-corrected chi connectivity index (χ1v) is 11.6. The lowest BCUT2D eigenvalue weighted by Gasteiger charge is -2.19. The maximum Gasteiger partial charge on any atom is 0.253 e. The van der Waals surface area contributed by atoms with E-state index in [4.69, 9.17) is 8.83 Å². The van der Waals surface area contributed by atoms with Crippen LogP contribution in [0.5, 0.6) is 0 Å². The van der Waals surface area contributed by atoms with Crippen molar-refractivity contribution in [3.8, 4) is 0 Å². The number of benzene rings is 1. The second kappa shape index (κ2) is 7.67. The average molecular weight is 448 g/mol. The van der Waals surface area contributed by atoms with Gasteiger partial charge in [0.05, 0.1) is 12.0 Å². The van der Waals surface area contributed by atoms with E-state index in [0.29, 0.717) is 23.9 Å². The molecule has 1 aromatic carbocycles. The molecule has 32 heavy (non-hydrogen) atoms. The Kier molecular flexibility index (Phi) is 4.64. The molecule has 1 fully saturated rings. The molecular formula is C23H21N5O3S. The van der Waals surface area contributed by atoms with Crippen LogP contribution < -0.4 is 0 Å². The number of hydrogen-bond donors (Lipinski definition) is 0. The van der Waals surface area contributed by atoms with Gasteiger partial charge in [0.1, 0.15) is 28.9 Å². The van der Waals surface area contributed by atoms with Gasteiger partial charge in [0.25, 0.3) is 5.91 Å². The molecule has 9 heteroatoms. The summed E-state index contributed by atoms with van der Waals surface area (Å²) in [7, 11) is 1.96. The summed E-state index contributed by atoms with van der Waals surface area (Å²) in [5, 5.41) is 16.5. The van der Waals surface area contributed by atoms with Gasteiger partial charge < -0.3 is 13.4 Å². The predicted molar refractivity (Wildman–Crippen MR) is 119 cm³/mol. The minimum atomic E-state index is -0.303. The van der Waals surface area contributed by atoms with Crippen LogP contribution in [0.15, 0.2) is 67.8 Å². The SMILES string of the molecule is Cn1c(SCC(=O)N2N=C(c3cc4ccccc4o3)C[C@H]2c2ccco2)nnc1C1CC1. The summed E-state index contributed by atoms with van der Waals surface area (Å²) in [4.78, 5) is 13.2. The van der Waals surface area contributed by atoms with Crippen molar-refractivity contribution in [2.75, 3.05) is 5.75 Å². The number of hydrogen-bond acceptors (Lipinski definition) is 7. The van der Waals surface area contributed by atoms with Crippen molar-refractivity contribution in [1.29, 1.82) is 0 Å². The molecule has 0 unspecified atom stereocenters. The molecule has 1 saturated carbocycles. The van der Waals surface area contributed by atoms with Gasteiger partial charge in [-0.1, -0.05) is 30.0 Å². The molecule has 1 amide bonds. The van der Waals surface area contributed by atoms with Gasteiger partial charge in [0.2, 0.25) is 0 Å². The highest BCUT2D eigenvalue weighted by Crippen LogP contribution is 2.40. The number of carbonyl (C=O) groups is 1. The highest BCUT2D eigenvalue weighted by atomic mass is 32.2. The van der Waals surface area contributed by atoms with Crippen molar-refractivity contribution in [1.82, 2.24) is 19.8 Å². The van der Waals surface area contributed by atoms with Gasteiger partial charge in [-0.25, -0.2) is 5.01 Å². The van der Waals surface area contributed by atoms with E-state index in [1.807, 2.05) is 54.1 Å². The van der Waals surface area contributed by atoms with E-state index in [1.165, 1.54) is 16.8 Å².